The zero-order valence-electron chi connectivity index (χ0n) is 14.1. The summed E-state index contributed by atoms with van der Waals surface area (Å²) in [6.45, 7) is 5.86. The molecule has 5 nitrogen and oxygen atoms in total. The van der Waals surface area contributed by atoms with Crippen molar-refractivity contribution in [2.24, 2.45) is 5.92 Å². The van der Waals surface area contributed by atoms with Gasteiger partial charge in [-0.3, -0.25) is 4.79 Å². The van der Waals surface area contributed by atoms with E-state index in [1.54, 1.807) is 12.3 Å². The van der Waals surface area contributed by atoms with Gasteiger partial charge in [-0.15, -0.1) is 0 Å². The number of aryl methyl sites for hydroxylation is 2. The summed E-state index contributed by atoms with van der Waals surface area (Å²) in [6.07, 6.45) is 3.60. The van der Waals surface area contributed by atoms with Gasteiger partial charge in [-0.25, -0.2) is 4.98 Å². The topological polar surface area (TPSA) is 63.2 Å². The summed E-state index contributed by atoms with van der Waals surface area (Å²) in [5, 5.41) is 6.17. The predicted molar refractivity (Wildman–Crippen MR) is 94.5 cm³/mol. The minimum absolute atomic E-state index is 0.0326. The van der Waals surface area contributed by atoms with Crippen LogP contribution in [0.5, 0.6) is 11.6 Å². The standard InChI is InChI=1S/C19H23N3O2/c1-13-5-7-17(10-14(13)2)24-18-8-6-16(12-21-18)22-19(23)15-4-3-9-20-11-15/h5-8,10,12,15,20H,3-4,9,11H2,1-2H3,(H,22,23). The number of nitrogens with one attached hydrogen (secondary N) is 2. The number of amides is 1. The molecule has 1 aliphatic heterocycles. The lowest BCUT2D eigenvalue weighted by molar-refractivity contribution is -0.120. The van der Waals surface area contributed by atoms with Crippen LogP contribution >= 0.6 is 0 Å². The smallest absolute Gasteiger partial charge is 0.228 e. The number of hydrogen-bond donors (Lipinski definition) is 2. The average molecular weight is 325 g/mol. The number of aromatic nitrogens is 1. The molecule has 1 saturated heterocycles. The first-order valence-electron chi connectivity index (χ1n) is 8.34. The lowest BCUT2D eigenvalue weighted by atomic mass is 9.99. The molecule has 1 aliphatic rings. The molecule has 1 atom stereocenters. The van der Waals surface area contributed by atoms with Crippen molar-refractivity contribution in [1.82, 2.24) is 10.3 Å². The van der Waals surface area contributed by atoms with Gasteiger partial charge in [0.1, 0.15) is 5.75 Å². The first-order chi connectivity index (χ1) is 11.6. The van der Waals surface area contributed by atoms with Crippen molar-refractivity contribution in [1.29, 1.82) is 0 Å². The number of hydrogen-bond acceptors (Lipinski definition) is 4. The molecule has 24 heavy (non-hydrogen) atoms. The highest BCUT2D eigenvalue weighted by Gasteiger charge is 2.20. The largest absolute Gasteiger partial charge is 0.439 e. The van der Waals surface area contributed by atoms with Crippen LogP contribution in [-0.4, -0.2) is 24.0 Å². The number of pyridine rings is 1. The Bertz CT molecular complexity index is 707. The molecular formula is C19H23N3O2. The fraction of sp³-hybridized carbons (Fsp3) is 0.368. The molecule has 1 aromatic carbocycles. The Morgan fingerprint density at radius 2 is 2.12 bits per heavy atom. The number of piperidine rings is 1. The van der Waals surface area contributed by atoms with Gasteiger partial charge < -0.3 is 15.4 Å². The third kappa shape index (κ3) is 4.11. The van der Waals surface area contributed by atoms with Crippen molar-refractivity contribution in [3.05, 3.63) is 47.7 Å². The van der Waals surface area contributed by atoms with E-state index in [9.17, 15) is 4.79 Å². The van der Waals surface area contributed by atoms with Gasteiger partial charge in [-0.05, 0) is 62.6 Å². The first-order valence-corrected chi connectivity index (χ1v) is 8.34. The zero-order valence-corrected chi connectivity index (χ0v) is 14.1. The second-order valence-electron chi connectivity index (χ2n) is 6.27. The van der Waals surface area contributed by atoms with Crippen LogP contribution in [0.2, 0.25) is 0 Å². The van der Waals surface area contributed by atoms with E-state index < -0.39 is 0 Å². The van der Waals surface area contributed by atoms with E-state index >= 15 is 0 Å². The molecule has 3 rings (SSSR count). The summed E-state index contributed by atoms with van der Waals surface area (Å²) in [4.78, 5) is 16.5. The van der Waals surface area contributed by atoms with Crippen molar-refractivity contribution < 1.29 is 9.53 Å². The molecule has 2 heterocycles. The average Bonchev–Trinajstić information content (AvgIpc) is 2.61. The van der Waals surface area contributed by atoms with Crippen LogP contribution in [0.15, 0.2) is 36.5 Å². The van der Waals surface area contributed by atoms with Crippen LogP contribution in [0.4, 0.5) is 5.69 Å². The number of ether oxygens (including phenoxy) is 1. The van der Waals surface area contributed by atoms with Crippen LogP contribution < -0.4 is 15.4 Å². The van der Waals surface area contributed by atoms with Gasteiger partial charge in [-0.2, -0.15) is 0 Å². The minimum atomic E-state index is 0.0326. The first kappa shape index (κ1) is 16.5. The molecule has 1 aromatic heterocycles. The van der Waals surface area contributed by atoms with E-state index in [0.717, 1.165) is 31.7 Å². The maximum Gasteiger partial charge on any atom is 0.228 e. The van der Waals surface area contributed by atoms with E-state index in [0.29, 0.717) is 11.6 Å². The summed E-state index contributed by atoms with van der Waals surface area (Å²) in [5.41, 5.74) is 3.10. The number of benzene rings is 1. The molecule has 0 aliphatic carbocycles. The van der Waals surface area contributed by atoms with Gasteiger partial charge >= 0.3 is 0 Å². The monoisotopic (exact) mass is 325 g/mol. The van der Waals surface area contributed by atoms with E-state index in [-0.39, 0.29) is 11.8 Å². The molecule has 1 fully saturated rings. The second-order valence-corrected chi connectivity index (χ2v) is 6.27. The molecule has 0 bridgehead atoms. The Morgan fingerprint density at radius 1 is 1.25 bits per heavy atom. The second kappa shape index (κ2) is 7.45. The normalized spacial score (nSPS) is 17.3. The molecule has 126 valence electrons. The van der Waals surface area contributed by atoms with Crippen LogP contribution in [-0.2, 0) is 4.79 Å². The third-order valence-electron chi connectivity index (χ3n) is 4.37. The fourth-order valence-corrected chi connectivity index (χ4v) is 2.73. The molecule has 0 spiro atoms. The van der Waals surface area contributed by atoms with Crippen LogP contribution in [0.3, 0.4) is 0 Å². The highest BCUT2D eigenvalue weighted by molar-refractivity contribution is 5.92. The van der Waals surface area contributed by atoms with Gasteiger partial charge in [0.25, 0.3) is 0 Å². The number of nitrogens with zero attached hydrogens (tertiary/aromatic N) is 1. The molecule has 5 heteroatoms. The summed E-state index contributed by atoms with van der Waals surface area (Å²) in [6, 6.07) is 9.53. The summed E-state index contributed by atoms with van der Waals surface area (Å²) in [7, 11) is 0. The number of anilines is 1. The molecular weight excluding hydrogens is 302 g/mol. The van der Waals surface area contributed by atoms with Crippen molar-refractivity contribution in [3.8, 4) is 11.6 Å². The lowest BCUT2D eigenvalue weighted by Gasteiger charge is -2.21. The molecule has 1 unspecified atom stereocenters. The van der Waals surface area contributed by atoms with Crippen molar-refractivity contribution in [2.75, 3.05) is 18.4 Å². The van der Waals surface area contributed by atoms with Crippen molar-refractivity contribution in [3.63, 3.8) is 0 Å². The van der Waals surface area contributed by atoms with E-state index in [2.05, 4.69) is 22.5 Å². The number of carbonyl (C=O) groups excluding carboxylic acids is 1. The Hall–Kier alpha value is -2.40. The highest BCUT2D eigenvalue weighted by Crippen LogP contribution is 2.23. The fourth-order valence-electron chi connectivity index (χ4n) is 2.73. The van der Waals surface area contributed by atoms with Crippen molar-refractivity contribution in [2.45, 2.75) is 26.7 Å². The van der Waals surface area contributed by atoms with Gasteiger partial charge in [0.05, 0.1) is 17.8 Å². The van der Waals surface area contributed by atoms with E-state index in [1.165, 1.54) is 11.1 Å². The Morgan fingerprint density at radius 3 is 2.79 bits per heavy atom. The van der Waals surface area contributed by atoms with Crippen molar-refractivity contribution >= 4 is 11.6 Å². The maximum absolute atomic E-state index is 12.2. The lowest BCUT2D eigenvalue weighted by Crippen LogP contribution is -2.37. The quantitative estimate of drug-likeness (QED) is 0.904. The Labute approximate surface area is 142 Å². The number of carbonyl (C=O) groups is 1. The van der Waals surface area contributed by atoms with Crippen LogP contribution in [0.1, 0.15) is 24.0 Å². The van der Waals surface area contributed by atoms with Gasteiger partial charge in [0.15, 0.2) is 0 Å². The van der Waals surface area contributed by atoms with Crippen LogP contribution in [0.25, 0.3) is 0 Å². The van der Waals surface area contributed by atoms with Gasteiger partial charge in [0, 0.05) is 12.6 Å². The predicted octanol–water partition coefficient (Wildman–Crippen LogP) is 3.43. The molecule has 1 amide bonds. The van der Waals surface area contributed by atoms with Gasteiger partial charge in [-0.1, -0.05) is 6.07 Å². The minimum Gasteiger partial charge on any atom is -0.439 e. The van der Waals surface area contributed by atoms with Crippen LogP contribution in [0, 0.1) is 19.8 Å². The Balaban J connectivity index is 1.60. The SMILES string of the molecule is Cc1ccc(Oc2ccc(NC(=O)C3CCCNC3)cn2)cc1C. The van der Waals surface area contributed by atoms with E-state index in [1.807, 2.05) is 31.2 Å². The third-order valence-corrected chi connectivity index (χ3v) is 4.37. The summed E-state index contributed by atoms with van der Waals surface area (Å²) < 4.78 is 5.76. The summed E-state index contributed by atoms with van der Waals surface area (Å²) >= 11 is 0. The summed E-state index contributed by atoms with van der Waals surface area (Å²) in [5.74, 6) is 1.35. The molecule has 2 N–H and O–H groups in total. The molecule has 0 radical (unpaired) electrons. The number of rotatable bonds is 4. The zero-order chi connectivity index (χ0) is 16.9. The highest BCUT2D eigenvalue weighted by atomic mass is 16.5. The Kier molecular flexibility index (Phi) is 5.11. The molecule has 2 aromatic rings. The van der Waals surface area contributed by atoms with E-state index in [4.69, 9.17) is 4.74 Å². The molecule has 0 saturated carbocycles. The maximum atomic E-state index is 12.2. The van der Waals surface area contributed by atoms with Gasteiger partial charge in [0.2, 0.25) is 11.8 Å².